The summed E-state index contributed by atoms with van der Waals surface area (Å²) in [5, 5.41) is 3.22. The molecule has 0 aliphatic rings. The van der Waals surface area contributed by atoms with Crippen molar-refractivity contribution < 1.29 is 9.59 Å². The molecule has 0 aliphatic carbocycles. The van der Waals surface area contributed by atoms with Crippen LogP contribution in [0.25, 0.3) is 10.9 Å². The van der Waals surface area contributed by atoms with Crippen molar-refractivity contribution in [3.05, 3.63) is 36.0 Å². The minimum absolute atomic E-state index is 0.261. The van der Waals surface area contributed by atoms with E-state index in [1.165, 1.54) is 0 Å². The van der Waals surface area contributed by atoms with E-state index in [0.717, 1.165) is 10.9 Å². The molecule has 0 saturated heterocycles. The number of carbonyl (C=O) groups excluding carboxylic acids is 2. The molecule has 2 aromatic rings. The molecule has 0 bridgehead atoms. The van der Waals surface area contributed by atoms with Crippen molar-refractivity contribution in [2.24, 2.45) is 7.05 Å². The van der Waals surface area contributed by atoms with Crippen molar-refractivity contribution in [3.63, 3.8) is 0 Å². The van der Waals surface area contributed by atoms with Crippen LogP contribution in [-0.4, -0.2) is 16.4 Å². The number of amides is 2. The van der Waals surface area contributed by atoms with Gasteiger partial charge in [-0.2, -0.15) is 0 Å². The molecular formula is C13H14N2O2. The third kappa shape index (κ3) is 2.06. The third-order valence-corrected chi connectivity index (χ3v) is 2.72. The van der Waals surface area contributed by atoms with Crippen LogP contribution < -0.4 is 5.32 Å². The highest BCUT2D eigenvalue weighted by Crippen LogP contribution is 2.19. The average molecular weight is 230 g/mol. The van der Waals surface area contributed by atoms with Crippen molar-refractivity contribution in [1.82, 2.24) is 9.88 Å². The van der Waals surface area contributed by atoms with Crippen LogP contribution in [0.1, 0.15) is 23.7 Å². The Kier molecular flexibility index (Phi) is 2.95. The number of carbonyl (C=O) groups is 2. The zero-order valence-corrected chi connectivity index (χ0v) is 9.86. The number of nitrogens with one attached hydrogen (secondary N) is 1. The highest BCUT2D eigenvalue weighted by Gasteiger charge is 2.14. The summed E-state index contributed by atoms with van der Waals surface area (Å²) in [6, 6.07) is 7.61. The van der Waals surface area contributed by atoms with Gasteiger partial charge in [0.2, 0.25) is 5.91 Å². The van der Waals surface area contributed by atoms with Gasteiger partial charge in [0.1, 0.15) is 0 Å². The molecule has 0 unspecified atom stereocenters. The maximum absolute atomic E-state index is 11.9. The second kappa shape index (κ2) is 4.41. The maximum Gasteiger partial charge on any atom is 0.260 e. The fourth-order valence-electron chi connectivity index (χ4n) is 1.80. The lowest BCUT2D eigenvalue weighted by Crippen LogP contribution is -2.29. The Hall–Kier alpha value is -2.10. The SMILES string of the molecule is CCC(=O)NC(=O)c1cn(C)c2ccccc12. The highest BCUT2D eigenvalue weighted by molar-refractivity contribution is 6.12. The number of aryl methyl sites for hydroxylation is 1. The summed E-state index contributed by atoms with van der Waals surface area (Å²) in [4.78, 5) is 23.1. The zero-order chi connectivity index (χ0) is 12.4. The molecule has 2 rings (SSSR count). The lowest BCUT2D eigenvalue weighted by Gasteiger charge is -2.00. The van der Waals surface area contributed by atoms with Gasteiger partial charge in [-0.05, 0) is 6.07 Å². The summed E-state index contributed by atoms with van der Waals surface area (Å²) in [5.74, 6) is -0.600. The van der Waals surface area contributed by atoms with E-state index in [1.807, 2.05) is 35.9 Å². The minimum Gasteiger partial charge on any atom is -0.350 e. The first-order valence-corrected chi connectivity index (χ1v) is 5.51. The van der Waals surface area contributed by atoms with Crippen molar-refractivity contribution in [2.45, 2.75) is 13.3 Å². The molecule has 4 heteroatoms. The molecule has 0 saturated carbocycles. The molecule has 1 heterocycles. The fourth-order valence-corrected chi connectivity index (χ4v) is 1.80. The molecule has 0 aliphatic heterocycles. The molecule has 0 fully saturated rings. The molecule has 88 valence electrons. The van der Waals surface area contributed by atoms with E-state index in [2.05, 4.69) is 5.32 Å². The van der Waals surface area contributed by atoms with Gasteiger partial charge < -0.3 is 4.57 Å². The molecule has 0 atom stereocenters. The molecular weight excluding hydrogens is 216 g/mol. The van der Waals surface area contributed by atoms with Gasteiger partial charge in [0.15, 0.2) is 0 Å². The lowest BCUT2D eigenvalue weighted by molar-refractivity contribution is -0.119. The maximum atomic E-state index is 11.9. The van der Waals surface area contributed by atoms with E-state index in [1.54, 1.807) is 13.1 Å². The first kappa shape index (κ1) is 11.4. The van der Waals surface area contributed by atoms with Gasteiger partial charge in [-0.1, -0.05) is 25.1 Å². The van der Waals surface area contributed by atoms with Gasteiger partial charge in [-0.3, -0.25) is 14.9 Å². The second-order valence-electron chi connectivity index (χ2n) is 3.90. The third-order valence-electron chi connectivity index (χ3n) is 2.72. The van der Waals surface area contributed by atoms with Crippen LogP contribution >= 0.6 is 0 Å². The summed E-state index contributed by atoms with van der Waals surface area (Å²) < 4.78 is 1.88. The number of nitrogens with zero attached hydrogens (tertiary/aromatic N) is 1. The Bertz CT molecular complexity index is 584. The lowest BCUT2D eigenvalue weighted by atomic mass is 10.1. The summed E-state index contributed by atoms with van der Waals surface area (Å²) in [5.41, 5.74) is 1.51. The van der Waals surface area contributed by atoms with Crippen LogP contribution in [0, 0.1) is 0 Å². The van der Waals surface area contributed by atoms with E-state index in [9.17, 15) is 9.59 Å². The topological polar surface area (TPSA) is 51.1 Å². The standard InChI is InChI=1S/C13H14N2O2/c1-3-12(16)14-13(17)10-8-15(2)11-7-5-4-6-9(10)11/h4-8H,3H2,1-2H3,(H,14,16,17). The number of imide groups is 1. The second-order valence-corrected chi connectivity index (χ2v) is 3.90. The summed E-state index contributed by atoms with van der Waals surface area (Å²) in [6.45, 7) is 1.71. The Morgan fingerprint density at radius 3 is 2.71 bits per heavy atom. The first-order chi connectivity index (χ1) is 8.13. The normalized spacial score (nSPS) is 10.5. The quantitative estimate of drug-likeness (QED) is 0.855. The molecule has 17 heavy (non-hydrogen) atoms. The Morgan fingerprint density at radius 1 is 1.29 bits per heavy atom. The van der Waals surface area contributed by atoms with Crippen molar-refractivity contribution in [1.29, 1.82) is 0 Å². The van der Waals surface area contributed by atoms with Crippen LogP contribution in [0.3, 0.4) is 0 Å². The number of fused-ring (bicyclic) bond motifs is 1. The van der Waals surface area contributed by atoms with Crippen LogP contribution in [0.5, 0.6) is 0 Å². The van der Waals surface area contributed by atoms with Gasteiger partial charge in [0, 0.05) is 30.6 Å². The minimum atomic E-state index is -0.339. The van der Waals surface area contributed by atoms with Crippen molar-refractivity contribution in [3.8, 4) is 0 Å². The summed E-state index contributed by atoms with van der Waals surface area (Å²) >= 11 is 0. The van der Waals surface area contributed by atoms with Crippen LogP contribution in [0.4, 0.5) is 0 Å². The van der Waals surface area contributed by atoms with Gasteiger partial charge in [0.25, 0.3) is 5.91 Å². The van der Waals surface area contributed by atoms with E-state index >= 15 is 0 Å². The zero-order valence-electron chi connectivity index (χ0n) is 9.86. The molecule has 0 radical (unpaired) electrons. The van der Waals surface area contributed by atoms with Crippen molar-refractivity contribution >= 4 is 22.7 Å². The average Bonchev–Trinajstić information content (AvgIpc) is 2.67. The van der Waals surface area contributed by atoms with Gasteiger partial charge in [-0.15, -0.1) is 0 Å². The summed E-state index contributed by atoms with van der Waals surface area (Å²) in [7, 11) is 1.88. The Balaban J connectivity index is 2.42. The number of rotatable bonds is 2. The number of aromatic nitrogens is 1. The largest absolute Gasteiger partial charge is 0.350 e. The first-order valence-electron chi connectivity index (χ1n) is 5.51. The number of hydrogen-bond donors (Lipinski definition) is 1. The molecule has 2 amide bonds. The predicted octanol–water partition coefficient (Wildman–Crippen LogP) is 1.84. The van der Waals surface area contributed by atoms with E-state index < -0.39 is 0 Å². The Morgan fingerprint density at radius 2 is 2.00 bits per heavy atom. The van der Waals surface area contributed by atoms with Crippen LogP contribution in [0.15, 0.2) is 30.5 Å². The van der Waals surface area contributed by atoms with Crippen LogP contribution in [-0.2, 0) is 11.8 Å². The van der Waals surface area contributed by atoms with E-state index in [4.69, 9.17) is 0 Å². The molecule has 0 spiro atoms. The molecule has 1 aromatic heterocycles. The smallest absolute Gasteiger partial charge is 0.260 e. The van der Waals surface area contributed by atoms with Gasteiger partial charge >= 0.3 is 0 Å². The van der Waals surface area contributed by atoms with Crippen LogP contribution in [0.2, 0.25) is 0 Å². The molecule has 1 N–H and O–H groups in total. The number of para-hydroxylation sites is 1. The predicted molar refractivity (Wildman–Crippen MR) is 65.7 cm³/mol. The summed E-state index contributed by atoms with van der Waals surface area (Å²) in [6.07, 6.45) is 2.04. The van der Waals surface area contributed by atoms with Gasteiger partial charge in [-0.25, -0.2) is 0 Å². The Labute approximate surface area is 99.2 Å². The van der Waals surface area contributed by atoms with E-state index in [-0.39, 0.29) is 11.8 Å². The fraction of sp³-hybridized carbons (Fsp3) is 0.231. The van der Waals surface area contributed by atoms with Crippen molar-refractivity contribution in [2.75, 3.05) is 0 Å². The monoisotopic (exact) mass is 230 g/mol. The number of hydrogen-bond acceptors (Lipinski definition) is 2. The van der Waals surface area contributed by atoms with E-state index in [0.29, 0.717) is 12.0 Å². The molecule has 4 nitrogen and oxygen atoms in total. The number of benzene rings is 1. The highest BCUT2D eigenvalue weighted by atomic mass is 16.2. The molecule has 1 aromatic carbocycles. The van der Waals surface area contributed by atoms with Gasteiger partial charge in [0.05, 0.1) is 5.56 Å².